The highest BCUT2D eigenvalue weighted by Crippen LogP contribution is 2.23. The van der Waals surface area contributed by atoms with Crippen LogP contribution in [0, 0.1) is 0 Å². The molecule has 1 N–H and O–H groups in total. The van der Waals surface area contributed by atoms with E-state index in [1.165, 1.54) is 31.4 Å². The Morgan fingerprint density at radius 1 is 1.39 bits per heavy atom. The van der Waals surface area contributed by atoms with Crippen LogP contribution in [0.3, 0.4) is 0 Å². The molecule has 2 fully saturated rings. The van der Waals surface area contributed by atoms with Crippen molar-refractivity contribution in [3.05, 3.63) is 29.8 Å². The number of rotatable bonds is 6. The van der Waals surface area contributed by atoms with Gasteiger partial charge in [0.1, 0.15) is 6.61 Å². The zero-order valence-corrected chi connectivity index (χ0v) is 14.1. The minimum atomic E-state index is -0.243. The summed E-state index contributed by atoms with van der Waals surface area (Å²) in [6, 6.07) is 9.19. The Hall–Kier alpha value is -1.59. The van der Waals surface area contributed by atoms with E-state index in [2.05, 4.69) is 36.3 Å². The lowest BCUT2D eigenvalue weighted by molar-refractivity contribution is 0.181. The molecule has 0 bridgehead atoms. The van der Waals surface area contributed by atoms with Gasteiger partial charge < -0.3 is 15.0 Å². The second-order valence-electron chi connectivity index (χ2n) is 6.60. The highest BCUT2D eigenvalue weighted by atomic mass is 16.6. The average molecular weight is 317 g/mol. The van der Waals surface area contributed by atoms with Crippen molar-refractivity contribution in [2.75, 3.05) is 38.2 Å². The van der Waals surface area contributed by atoms with Crippen molar-refractivity contribution in [1.29, 1.82) is 0 Å². The van der Waals surface area contributed by atoms with E-state index in [0.29, 0.717) is 13.2 Å². The molecule has 3 rings (SSSR count). The van der Waals surface area contributed by atoms with Crippen LogP contribution < -0.4 is 10.2 Å². The predicted octanol–water partition coefficient (Wildman–Crippen LogP) is 2.78. The molecule has 0 unspecified atom stereocenters. The summed E-state index contributed by atoms with van der Waals surface area (Å²) in [5.41, 5.74) is 2.14. The minimum absolute atomic E-state index is 0.243. The largest absolute Gasteiger partial charge is 0.447 e. The third-order valence-corrected chi connectivity index (χ3v) is 5.04. The average Bonchev–Trinajstić information content (AvgIpc) is 3.16. The Morgan fingerprint density at radius 3 is 2.96 bits per heavy atom. The molecule has 5 heteroatoms. The summed E-state index contributed by atoms with van der Waals surface area (Å²) in [4.78, 5) is 15.9. The van der Waals surface area contributed by atoms with E-state index in [9.17, 15) is 4.79 Å². The number of anilines is 1. The summed E-state index contributed by atoms with van der Waals surface area (Å²) >= 11 is 0. The van der Waals surface area contributed by atoms with Crippen molar-refractivity contribution >= 4 is 11.8 Å². The molecular formula is C18H27N3O2. The van der Waals surface area contributed by atoms with Crippen LogP contribution in [-0.4, -0.2) is 50.3 Å². The number of ether oxygens (including phenoxy) is 1. The molecule has 2 aliphatic heterocycles. The van der Waals surface area contributed by atoms with Crippen LogP contribution in [0.25, 0.3) is 0 Å². The molecule has 2 heterocycles. The number of benzene rings is 1. The number of nitrogens with zero attached hydrogens (tertiary/aromatic N) is 2. The van der Waals surface area contributed by atoms with Crippen LogP contribution >= 0.6 is 0 Å². The number of hydrogen-bond donors (Lipinski definition) is 1. The van der Waals surface area contributed by atoms with Crippen molar-refractivity contribution in [3.8, 4) is 0 Å². The van der Waals surface area contributed by atoms with Crippen LogP contribution in [0.15, 0.2) is 24.3 Å². The van der Waals surface area contributed by atoms with Crippen molar-refractivity contribution in [2.45, 2.75) is 38.3 Å². The molecule has 2 atom stereocenters. The van der Waals surface area contributed by atoms with Gasteiger partial charge in [0.05, 0.1) is 6.54 Å². The summed E-state index contributed by atoms with van der Waals surface area (Å²) in [6.45, 7) is 5.55. The van der Waals surface area contributed by atoms with Gasteiger partial charge in [0.2, 0.25) is 0 Å². The number of nitrogens with one attached hydrogen (secondary N) is 1. The van der Waals surface area contributed by atoms with Gasteiger partial charge in [0, 0.05) is 17.8 Å². The maximum atomic E-state index is 11.7. The fraction of sp³-hybridized carbons (Fsp3) is 0.611. The Bertz CT molecular complexity index is 549. The topological polar surface area (TPSA) is 44.8 Å². The van der Waals surface area contributed by atoms with E-state index in [-0.39, 0.29) is 12.1 Å². The van der Waals surface area contributed by atoms with E-state index >= 15 is 0 Å². The van der Waals surface area contributed by atoms with Gasteiger partial charge in [-0.15, -0.1) is 0 Å². The van der Waals surface area contributed by atoms with Crippen LogP contribution in [0.4, 0.5) is 10.5 Å². The standard InChI is InChI=1S/C18H27N3O2/c1-14(19-9-8-16-7-4-10-20(16)2)15-5-3-6-17(13-15)21-11-12-23-18(21)22/h3,5-6,13-14,16,19H,4,7-12H2,1-2H3/t14-,16+/m0/s1. The molecule has 0 aromatic heterocycles. The first-order valence-electron chi connectivity index (χ1n) is 8.63. The zero-order valence-electron chi connectivity index (χ0n) is 14.1. The fourth-order valence-electron chi connectivity index (χ4n) is 3.52. The van der Waals surface area contributed by atoms with Gasteiger partial charge in [-0.3, -0.25) is 4.90 Å². The van der Waals surface area contributed by atoms with Crippen LogP contribution in [0.1, 0.15) is 37.8 Å². The maximum Gasteiger partial charge on any atom is 0.414 e. The predicted molar refractivity (Wildman–Crippen MR) is 91.8 cm³/mol. The first-order chi connectivity index (χ1) is 11.1. The molecule has 23 heavy (non-hydrogen) atoms. The first kappa shape index (κ1) is 16.3. The molecule has 1 amide bonds. The highest BCUT2D eigenvalue weighted by Gasteiger charge is 2.24. The van der Waals surface area contributed by atoms with Gasteiger partial charge in [-0.2, -0.15) is 0 Å². The zero-order chi connectivity index (χ0) is 16.2. The van der Waals surface area contributed by atoms with Gasteiger partial charge in [0.25, 0.3) is 0 Å². The SMILES string of the molecule is C[C@H](NCC[C@H]1CCCN1C)c1cccc(N2CCOC2=O)c1. The molecule has 1 aromatic rings. The molecule has 1 aromatic carbocycles. The summed E-state index contributed by atoms with van der Waals surface area (Å²) in [5.74, 6) is 0. The summed E-state index contributed by atoms with van der Waals surface area (Å²) in [7, 11) is 2.22. The van der Waals surface area contributed by atoms with Gasteiger partial charge in [-0.25, -0.2) is 4.79 Å². The minimum Gasteiger partial charge on any atom is -0.447 e. The molecule has 0 radical (unpaired) electrons. The Labute approximate surface area is 138 Å². The van der Waals surface area contributed by atoms with Crippen molar-refractivity contribution in [3.63, 3.8) is 0 Å². The summed E-state index contributed by atoms with van der Waals surface area (Å²) in [5, 5.41) is 3.61. The van der Waals surface area contributed by atoms with Gasteiger partial charge in [-0.05, 0) is 64.0 Å². The van der Waals surface area contributed by atoms with Crippen LogP contribution in [-0.2, 0) is 4.74 Å². The molecule has 5 nitrogen and oxygen atoms in total. The molecule has 0 saturated carbocycles. The maximum absolute atomic E-state index is 11.7. The second-order valence-corrected chi connectivity index (χ2v) is 6.60. The van der Waals surface area contributed by atoms with E-state index in [0.717, 1.165) is 18.3 Å². The van der Waals surface area contributed by atoms with E-state index < -0.39 is 0 Å². The molecule has 0 aliphatic carbocycles. The number of cyclic esters (lactones) is 1. The number of carbonyl (C=O) groups excluding carboxylic acids is 1. The van der Waals surface area contributed by atoms with E-state index in [1.807, 2.05) is 12.1 Å². The lowest BCUT2D eigenvalue weighted by Gasteiger charge is -2.22. The van der Waals surface area contributed by atoms with Crippen LogP contribution in [0.2, 0.25) is 0 Å². The molecule has 126 valence electrons. The number of amides is 1. The lowest BCUT2D eigenvalue weighted by Crippen LogP contribution is -2.30. The monoisotopic (exact) mass is 317 g/mol. The first-order valence-corrected chi connectivity index (χ1v) is 8.63. The number of hydrogen-bond acceptors (Lipinski definition) is 4. The van der Waals surface area contributed by atoms with Gasteiger partial charge >= 0.3 is 6.09 Å². The normalized spacial score (nSPS) is 23.3. The third kappa shape index (κ3) is 3.85. The fourth-order valence-corrected chi connectivity index (χ4v) is 3.52. The quantitative estimate of drug-likeness (QED) is 0.876. The van der Waals surface area contributed by atoms with E-state index in [4.69, 9.17) is 4.74 Å². The Balaban J connectivity index is 1.54. The Kier molecular flexibility index (Phi) is 5.18. The second kappa shape index (κ2) is 7.32. The molecule has 0 spiro atoms. The Morgan fingerprint density at radius 2 is 2.26 bits per heavy atom. The summed E-state index contributed by atoms with van der Waals surface area (Å²) in [6.07, 6.45) is 3.59. The molecule has 2 aliphatic rings. The van der Waals surface area contributed by atoms with Gasteiger partial charge in [-0.1, -0.05) is 12.1 Å². The van der Waals surface area contributed by atoms with Crippen molar-refractivity contribution in [1.82, 2.24) is 10.2 Å². The highest BCUT2D eigenvalue weighted by molar-refractivity contribution is 5.89. The number of likely N-dealkylation sites (tertiary alicyclic amines) is 1. The third-order valence-electron chi connectivity index (χ3n) is 5.04. The number of carbonyl (C=O) groups is 1. The van der Waals surface area contributed by atoms with Crippen LogP contribution in [0.5, 0.6) is 0 Å². The molecular weight excluding hydrogens is 290 g/mol. The van der Waals surface area contributed by atoms with Gasteiger partial charge in [0.15, 0.2) is 0 Å². The van der Waals surface area contributed by atoms with E-state index in [1.54, 1.807) is 4.90 Å². The van der Waals surface area contributed by atoms with Crippen molar-refractivity contribution in [2.24, 2.45) is 0 Å². The summed E-state index contributed by atoms with van der Waals surface area (Å²) < 4.78 is 5.02. The smallest absolute Gasteiger partial charge is 0.414 e. The van der Waals surface area contributed by atoms with Crippen molar-refractivity contribution < 1.29 is 9.53 Å². The molecule has 2 saturated heterocycles. The lowest BCUT2D eigenvalue weighted by atomic mass is 10.1.